The second kappa shape index (κ2) is 41.9. The van der Waals surface area contributed by atoms with E-state index >= 15 is 0 Å². The van der Waals surface area contributed by atoms with Gasteiger partial charge in [-0.15, -0.1) is 12.4 Å². The zero-order valence-electron chi connectivity index (χ0n) is 32.5. The molecule has 1 rings (SSSR count). The summed E-state index contributed by atoms with van der Waals surface area (Å²) in [6, 6.07) is 10.9. The summed E-state index contributed by atoms with van der Waals surface area (Å²) in [7, 11) is 4.74. The number of unbranched alkanes of at least 4 members (excludes halogenated alkanes) is 28. The van der Waals surface area contributed by atoms with Crippen LogP contribution in [-0.4, -0.2) is 31.7 Å². The maximum Gasteiger partial charge on any atom is 0.104 e. The molecule has 0 aliphatic heterocycles. The fourth-order valence-corrected chi connectivity index (χ4v) is 6.58. The highest BCUT2D eigenvalue weighted by atomic mass is 35.5. The SMILES string of the molecule is CCCCCCCCCCCCCCCCCCN.CCCCCCCCCCCCCCCC[N+](C)(C)Cc1ccccc1.Cl.[Cl-]. The molecule has 4 heteroatoms. The lowest BCUT2D eigenvalue weighted by Crippen LogP contribution is -3.00. The van der Waals surface area contributed by atoms with Gasteiger partial charge in [-0.25, -0.2) is 0 Å². The summed E-state index contributed by atoms with van der Waals surface area (Å²) in [6.07, 6.45) is 43.0. The van der Waals surface area contributed by atoms with Crippen molar-refractivity contribution < 1.29 is 16.9 Å². The van der Waals surface area contributed by atoms with Gasteiger partial charge in [0, 0.05) is 5.56 Å². The summed E-state index contributed by atoms with van der Waals surface area (Å²) in [5, 5.41) is 0. The van der Waals surface area contributed by atoms with E-state index in [9.17, 15) is 0 Å². The van der Waals surface area contributed by atoms with Crippen LogP contribution in [0.25, 0.3) is 0 Å². The van der Waals surface area contributed by atoms with E-state index < -0.39 is 0 Å². The zero-order valence-corrected chi connectivity index (χ0v) is 34.1. The monoisotopic (exact) mass is 701 g/mol. The Kier molecular flexibility index (Phi) is 45.5. The average molecular weight is 702 g/mol. The van der Waals surface area contributed by atoms with Crippen LogP contribution in [0.4, 0.5) is 0 Å². The van der Waals surface area contributed by atoms with Crippen LogP contribution in [0, 0.1) is 0 Å². The first kappa shape index (κ1) is 51.1. The van der Waals surface area contributed by atoms with Gasteiger partial charge in [0.15, 0.2) is 0 Å². The van der Waals surface area contributed by atoms with Gasteiger partial charge in [-0.2, -0.15) is 0 Å². The van der Waals surface area contributed by atoms with E-state index in [2.05, 4.69) is 58.3 Å². The van der Waals surface area contributed by atoms with Crippen LogP contribution < -0.4 is 18.1 Å². The molecule has 0 heterocycles. The van der Waals surface area contributed by atoms with Gasteiger partial charge < -0.3 is 22.6 Å². The molecule has 0 amide bonds. The fourth-order valence-electron chi connectivity index (χ4n) is 6.58. The van der Waals surface area contributed by atoms with E-state index in [1.54, 1.807) is 0 Å². The zero-order chi connectivity index (χ0) is 32.9. The predicted molar refractivity (Wildman–Crippen MR) is 213 cm³/mol. The Hall–Kier alpha value is -0.280. The minimum absolute atomic E-state index is 0. The molecule has 1 aromatic rings. The topological polar surface area (TPSA) is 26.0 Å². The minimum atomic E-state index is 0. The van der Waals surface area contributed by atoms with Crippen molar-refractivity contribution in [1.29, 1.82) is 0 Å². The van der Waals surface area contributed by atoms with Gasteiger partial charge in [0.2, 0.25) is 0 Å². The van der Waals surface area contributed by atoms with E-state index in [1.165, 1.54) is 205 Å². The first-order valence-electron chi connectivity index (χ1n) is 20.6. The number of halogens is 2. The first-order valence-corrected chi connectivity index (χ1v) is 20.6. The van der Waals surface area contributed by atoms with E-state index in [0.29, 0.717) is 0 Å². The molecule has 2 N–H and O–H groups in total. The van der Waals surface area contributed by atoms with Crippen molar-refractivity contribution in [3.05, 3.63) is 35.9 Å². The molecule has 0 aliphatic carbocycles. The molecule has 47 heavy (non-hydrogen) atoms. The van der Waals surface area contributed by atoms with Gasteiger partial charge in [0.25, 0.3) is 0 Å². The third-order valence-electron chi connectivity index (χ3n) is 9.63. The summed E-state index contributed by atoms with van der Waals surface area (Å²) in [6.45, 7) is 7.91. The number of nitrogens with two attached hydrogens (primary N) is 1. The molecule has 1 aromatic carbocycles. The Bertz CT molecular complexity index is 651. The molecular formula is C43H86Cl2N2. The first-order chi connectivity index (χ1) is 22.1. The van der Waals surface area contributed by atoms with Gasteiger partial charge in [-0.1, -0.05) is 218 Å². The molecule has 0 bridgehead atoms. The smallest absolute Gasteiger partial charge is 0.104 e. The molecule has 282 valence electrons. The third kappa shape index (κ3) is 41.8. The molecule has 0 saturated carbocycles. The Morgan fingerprint density at radius 3 is 1.00 bits per heavy atom. The summed E-state index contributed by atoms with van der Waals surface area (Å²) < 4.78 is 1.11. The molecule has 2 nitrogen and oxygen atoms in total. The van der Waals surface area contributed by atoms with E-state index in [-0.39, 0.29) is 24.8 Å². The molecular weight excluding hydrogens is 615 g/mol. The highest BCUT2D eigenvalue weighted by Crippen LogP contribution is 2.16. The van der Waals surface area contributed by atoms with Crippen molar-refractivity contribution in [2.45, 2.75) is 213 Å². The molecule has 0 radical (unpaired) electrons. The number of benzene rings is 1. The Labute approximate surface area is 310 Å². The van der Waals surface area contributed by atoms with Crippen LogP contribution in [0.1, 0.15) is 212 Å². The minimum Gasteiger partial charge on any atom is -1.00 e. The predicted octanol–water partition coefficient (Wildman–Crippen LogP) is 11.4. The van der Waals surface area contributed by atoms with Crippen LogP contribution in [0.5, 0.6) is 0 Å². The molecule has 0 spiro atoms. The van der Waals surface area contributed by atoms with E-state index in [1.807, 2.05) is 0 Å². The van der Waals surface area contributed by atoms with Gasteiger partial charge >= 0.3 is 0 Å². The van der Waals surface area contributed by atoms with Crippen molar-refractivity contribution in [2.24, 2.45) is 5.73 Å². The van der Waals surface area contributed by atoms with Crippen LogP contribution in [0.2, 0.25) is 0 Å². The number of rotatable bonds is 33. The average Bonchev–Trinajstić information content (AvgIpc) is 3.03. The van der Waals surface area contributed by atoms with Crippen LogP contribution in [0.3, 0.4) is 0 Å². The lowest BCUT2D eigenvalue weighted by molar-refractivity contribution is -0.903. The second-order valence-electron chi connectivity index (χ2n) is 15.0. The summed E-state index contributed by atoms with van der Waals surface area (Å²) in [5.41, 5.74) is 6.94. The molecule has 0 saturated heterocycles. The van der Waals surface area contributed by atoms with Crippen molar-refractivity contribution >= 4 is 12.4 Å². The van der Waals surface area contributed by atoms with Crippen molar-refractivity contribution in [2.75, 3.05) is 27.2 Å². The Morgan fingerprint density at radius 2 is 0.702 bits per heavy atom. The van der Waals surface area contributed by atoms with Crippen molar-refractivity contribution in [1.82, 2.24) is 0 Å². The van der Waals surface area contributed by atoms with E-state index in [4.69, 9.17) is 5.73 Å². The van der Waals surface area contributed by atoms with Crippen molar-refractivity contribution in [3.8, 4) is 0 Å². The molecule has 0 atom stereocenters. The number of quaternary nitrogens is 1. The molecule has 0 aromatic heterocycles. The standard InChI is InChI=1S/C25H46N.C18H39N.2ClH/c1-4-5-6-7-8-9-10-11-12-13-14-15-16-20-23-26(2,3)24-25-21-18-17-19-22-25;1-2-3-4-5-6-7-8-9-10-11-12-13-14-15-16-17-18-19;;/h17-19,21-22H,4-16,20,23-24H2,1-3H3;2-19H2,1H3;2*1H/q+1;;;/p-1. The maximum atomic E-state index is 5.48. The molecule has 0 aliphatic rings. The highest BCUT2D eigenvalue weighted by molar-refractivity contribution is 5.85. The van der Waals surface area contributed by atoms with Crippen molar-refractivity contribution in [3.63, 3.8) is 0 Å². The number of hydrogen-bond acceptors (Lipinski definition) is 1. The number of hydrogen-bond donors (Lipinski definition) is 1. The van der Waals surface area contributed by atoms with Crippen LogP contribution >= 0.6 is 12.4 Å². The molecule has 0 unspecified atom stereocenters. The largest absolute Gasteiger partial charge is 1.00 e. The number of nitrogens with zero attached hydrogens (tertiary/aromatic N) is 1. The highest BCUT2D eigenvalue weighted by Gasteiger charge is 2.14. The lowest BCUT2D eigenvalue weighted by Gasteiger charge is -2.30. The molecule has 0 fully saturated rings. The Balaban J connectivity index is -0.000000828. The normalized spacial score (nSPS) is 11.0. The maximum absolute atomic E-state index is 5.48. The summed E-state index contributed by atoms with van der Waals surface area (Å²) in [4.78, 5) is 0. The lowest BCUT2D eigenvalue weighted by atomic mass is 10.0. The van der Waals surface area contributed by atoms with E-state index in [0.717, 1.165) is 17.6 Å². The summed E-state index contributed by atoms with van der Waals surface area (Å²) in [5.74, 6) is 0. The third-order valence-corrected chi connectivity index (χ3v) is 9.63. The second-order valence-corrected chi connectivity index (χ2v) is 15.0. The fraction of sp³-hybridized carbons (Fsp3) is 0.860. The van der Waals surface area contributed by atoms with Gasteiger partial charge in [0.05, 0.1) is 20.6 Å². The summed E-state index contributed by atoms with van der Waals surface area (Å²) >= 11 is 0. The van der Waals surface area contributed by atoms with Gasteiger partial charge in [-0.05, 0) is 25.8 Å². The van der Waals surface area contributed by atoms with Crippen LogP contribution in [-0.2, 0) is 6.54 Å². The van der Waals surface area contributed by atoms with Crippen LogP contribution in [0.15, 0.2) is 30.3 Å². The van der Waals surface area contributed by atoms with Gasteiger partial charge in [0.1, 0.15) is 6.54 Å². The van der Waals surface area contributed by atoms with Gasteiger partial charge in [-0.3, -0.25) is 0 Å². The quantitative estimate of drug-likeness (QED) is 0.0573. The Morgan fingerprint density at radius 1 is 0.426 bits per heavy atom.